The van der Waals surface area contributed by atoms with Gasteiger partial charge in [-0.05, 0) is 26.2 Å². The third-order valence-electron chi connectivity index (χ3n) is 2.36. The summed E-state index contributed by atoms with van der Waals surface area (Å²) < 4.78 is 0. The average molecular weight is 187 g/mol. The predicted molar refractivity (Wildman–Crippen MR) is 51.2 cm³/mol. The van der Waals surface area contributed by atoms with Gasteiger partial charge in [-0.2, -0.15) is 0 Å². The Labute approximate surface area is 78.8 Å². The molecule has 2 heteroatoms. The fourth-order valence-electron chi connectivity index (χ4n) is 1.61. The number of carbonyl (C=O) groups is 1. The van der Waals surface area contributed by atoms with Crippen molar-refractivity contribution in [2.45, 2.75) is 39.0 Å². The van der Waals surface area contributed by atoms with E-state index in [0.717, 1.165) is 30.7 Å². The molecule has 1 rings (SSSR count). The maximum atomic E-state index is 11.3. The Morgan fingerprint density at radius 2 is 2.42 bits per heavy atom. The number of rotatable bonds is 2. The van der Waals surface area contributed by atoms with Crippen molar-refractivity contribution < 1.29 is 4.79 Å². The summed E-state index contributed by atoms with van der Waals surface area (Å²) in [7, 11) is 0. The van der Waals surface area contributed by atoms with Crippen molar-refractivity contribution in [2.75, 3.05) is 0 Å². The lowest BCUT2D eigenvalue weighted by molar-refractivity contribution is -0.124. The minimum Gasteiger partial charge on any atom is -0.299 e. The van der Waals surface area contributed by atoms with Crippen molar-refractivity contribution in [3.63, 3.8) is 0 Å². The Bertz CT molecular complexity index is 192. The highest BCUT2D eigenvalue weighted by molar-refractivity contribution is 6.29. The molecule has 0 N–H and O–H groups in total. The van der Waals surface area contributed by atoms with Crippen LogP contribution in [0.15, 0.2) is 11.1 Å². The highest BCUT2D eigenvalue weighted by Crippen LogP contribution is 2.24. The van der Waals surface area contributed by atoms with Crippen molar-refractivity contribution in [3.05, 3.63) is 11.1 Å². The minimum atomic E-state index is 0.257. The lowest BCUT2D eigenvalue weighted by atomic mass is 9.86. The highest BCUT2D eigenvalue weighted by Gasteiger charge is 2.20. The quantitative estimate of drug-likeness (QED) is 0.647. The number of Topliss-reactive ketones (excluding diaryl/α,β-unsaturated/α-hetero) is 1. The molecule has 1 aliphatic rings. The van der Waals surface area contributed by atoms with Crippen molar-refractivity contribution in [2.24, 2.45) is 5.92 Å². The van der Waals surface area contributed by atoms with Gasteiger partial charge in [0.2, 0.25) is 0 Å². The summed E-state index contributed by atoms with van der Waals surface area (Å²) in [6.45, 7) is 1.86. The molecule has 0 aliphatic heterocycles. The summed E-state index contributed by atoms with van der Waals surface area (Å²) in [5.74, 6) is 0.683. The molecule has 0 bridgehead atoms. The molecule has 12 heavy (non-hydrogen) atoms. The van der Waals surface area contributed by atoms with Crippen LogP contribution >= 0.6 is 11.6 Å². The van der Waals surface area contributed by atoms with E-state index in [1.807, 2.05) is 13.0 Å². The maximum absolute atomic E-state index is 11.3. The second-order valence-electron chi connectivity index (χ2n) is 3.44. The first-order valence-corrected chi connectivity index (χ1v) is 4.93. The van der Waals surface area contributed by atoms with Crippen LogP contribution in [0.5, 0.6) is 0 Å². The molecule has 0 radical (unpaired) electrons. The topological polar surface area (TPSA) is 17.1 Å². The highest BCUT2D eigenvalue weighted by atomic mass is 35.5. The number of ketones is 1. The van der Waals surface area contributed by atoms with Crippen LogP contribution < -0.4 is 0 Å². The number of carbonyl (C=O) groups excluding carboxylic acids is 1. The molecule has 68 valence electrons. The van der Waals surface area contributed by atoms with E-state index >= 15 is 0 Å². The molecule has 1 fully saturated rings. The summed E-state index contributed by atoms with van der Waals surface area (Å²) in [6.07, 6.45) is 6.91. The number of hydrogen-bond donors (Lipinski definition) is 0. The molecule has 0 amide bonds. The van der Waals surface area contributed by atoms with Gasteiger partial charge in [0, 0.05) is 17.4 Å². The molecular formula is C10H15ClO. The number of hydrogen-bond acceptors (Lipinski definition) is 1. The van der Waals surface area contributed by atoms with E-state index < -0.39 is 0 Å². The molecule has 0 aromatic heterocycles. The third-order valence-corrected chi connectivity index (χ3v) is 2.52. The Morgan fingerprint density at radius 1 is 1.67 bits per heavy atom. The second kappa shape index (κ2) is 4.66. The first kappa shape index (κ1) is 9.79. The zero-order valence-electron chi connectivity index (χ0n) is 7.48. The van der Waals surface area contributed by atoms with Gasteiger partial charge >= 0.3 is 0 Å². The van der Waals surface area contributed by atoms with Crippen LogP contribution in [0.3, 0.4) is 0 Å². The van der Waals surface area contributed by atoms with E-state index in [-0.39, 0.29) is 5.92 Å². The first-order chi connectivity index (χ1) is 5.70. The molecular weight excluding hydrogens is 172 g/mol. The summed E-state index contributed by atoms with van der Waals surface area (Å²) in [4.78, 5) is 11.3. The van der Waals surface area contributed by atoms with Crippen LogP contribution in [0.1, 0.15) is 39.0 Å². The van der Waals surface area contributed by atoms with Gasteiger partial charge in [-0.25, -0.2) is 0 Å². The van der Waals surface area contributed by atoms with Crippen molar-refractivity contribution in [3.8, 4) is 0 Å². The molecule has 1 saturated carbocycles. The van der Waals surface area contributed by atoms with Gasteiger partial charge in [0.1, 0.15) is 5.78 Å². The van der Waals surface area contributed by atoms with Crippen LogP contribution in [-0.2, 0) is 4.79 Å². The van der Waals surface area contributed by atoms with Crippen molar-refractivity contribution >= 4 is 17.4 Å². The zero-order chi connectivity index (χ0) is 8.97. The summed E-state index contributed by atoms with van der Waals surface area (Å²) in [5, 5.41) is 0.799. The van der Waals surface area contributed by atoms with E-state index in [2.05, 4.69) is 0 Å². The van der Waals surface area contributed by atoms with Crippen molar-refractivity contribution in [1.29, 1.82) is 0 Å². The Morgan fingerprint density at radius 3 is 3.00 bits per heavy atom. The lowest BCUT2D eigenvalue weighted by Crippen LogP contribution is -2.18. The monoisotopic (exact) mass is 186 g/mol. The van der Waals surface area contributed by atoms with Gasteiger partial charge < -0.3 is 0 Å². The molecule has 1 aliphatic carbocycles. The molecule has 1 unspecified atom stereocenters. The van der Waals surface area contributed by atoms with Gasteiger partial charge in [-0.15, -0.1) is 0 Å². The van der Waals surface area contributed by atoms with Crippen LogP contribution in [0, 0.1) is 5.92 Å². The van der Waals surface area contributed by atoms with Crippen LogP contribution in [0.25, 0.3) is 0 Å². The first-order valence-electron chi connectivity index (χ1n) is 4.55. The molecule has 1 atom stereocenters. The zero-order valence-corrected chi connectivity index (χ0v) is 8.23. The van der Waals surface area contributed by atoms with E-state index in [9.17, 15) is 4.79 Å². The Kier molecular flexibility index (Phi) is 3.80. The SMILES string of the molecule is C/C(Cl)=C/CC1CCCCC1=O. The van der Waals surface area contributed by atoms with E-state index in [1.54, 1.807) is 0 Å². The van der Waals surface area contributed by atoms with E-state index in [4.69, 9.17) is 11.6 Å². The molecule has 0 spiro atoms. The molecule has 0 aromatic rings. The van der Waals surface area contributed by atoms with Crippen LogP contribution in [0.4, 0.5) is 0 Å². The Balaban J connectivity index is 2.39. The van der Waals surface area contributed by atoms with Gasteiger partial charge in [0.05, 0.1) is 0 Å². The predicted octanol–water partition coefficient (Wildman–Crippen LogP) is 3.28. The Hall–Kier alpha value is -0.300. The molecule has 0 saturated heterocycles. The molecule has 1 nitrogen and oxygen atoms in total. The fourth-order valence-corrected chi connectivity index (χ4v) is 1.70. The summed E-state index contributed by atoms with van der Waals surface area (Å²) in [5.41, 5.74) is 0. The second-order valence-corrected chi connectivity index (χ2v) is 4.03. The summed E-state index contributed by atoms with van der Waals surface area (Å²) in [6, 6.07) is 0. The summed E-state index contributed by atoms with van der Waals surface area (Å²) >= 11 is 5.69. The normalized spacial score (nSPS) is 26.0. The van der Waals surface area contributed by atoms with Crippen molar-refractivity contribution in [1.82, 2.24) is 0 Å². The van der Waals surface area contributed by atoms with Gasteiger partial charge in [-0.1, -0.05) is 24.1 Å². The molecule has 0 aromatic carbocycles. The van der Waals surface area contributed by atoms with E-state index in [0.29, 0.717) is 5.78 Å². The van der Waals surface area contributed by atoms with Gasteiger partial charge in [0.15, 0.2) is 0 Å². The smallest absolute Gasteiger partial charge is 0.136 e. The third kappa shape index (κ3) is 2.98. The fraction of sp³-hybridized carbons (Fsp3) is 0.700. The van der Waals surface area contributed by atoms with Crippen LogP contribution in [-0.4, -0.2) is 5.78 Å². The largest absolute Gasteiger partial charge is 0.299 e. The van der Waals surface area contributed by atoms with Gasteiger partial charge in [-0.3, -0.25) is 4.79 Å². The number of halogens is 1. The van der Waals surface area contributed by atoms with Crippen LogP contribution in [0.2, 0.25) is 0 Å². The molecule has 0 heterocycles. The standard InChI is InChI=1S/C10H15ClO/c1-8(11)6-7-9-4-2-3-5-10(9)12/h6,9H,2-5,7H2,1H3/b8-6-. The van der Waals surface area contributed by atoms with E-state index in [1.165, 1.54) is 6.42 Å². The van der Waals surface area contributed by atoms with Gasteiger partial charge in [0.25, 0.3) is 0 Å². The number of allylic oxidation sites excluding steroid dienone is 2. The minimum absolute atomic E-state index is 0.257. The maximum Gasteiger partial charge on any atom is 0.136 e. The lowest BCUT2D eigenvalue weighted by Gasteiger charge is -2.18. The average Bonchev–Trinajstić information content (AvgIpc) is 2.03.